The fraction of sp³-hybridized carbons (Fsp3) is 0.389. The highest BCUT2D eigenvalue weighted by Gasteiger charge is 2.35. The molecule has 3 rings (SSSR count). The average molecular weight is 343 g/mol. The Kier molecular flexibility index (Phi) is 5.14. The van der Waals surface area contributed by atoms with Crippen molar-refractivity contribution in [1.82, 2.24) is 14.8 Å². The molecule has 0 fully saturated rings. The predicted octanol–water partition coefficient (Wildman–Crippen LogP) is 1.14. The van der Waals surface area contributed by atoms with Crippen LogP contribution in [0.1, 0.15) is 29.9 Å². The van der Waals surface area contributed by atoms with Crippen LogP contribution in [0.25, 0.3) is 0 Å². The van der Waals surface area contributed by atoms with Crippen LogP contribution < -0.4 is 0 Å². The maximum atomic E-state index is 13.1. The van der Waals surface area contributed by atoms with Crippen LogP contribution >= 0.6 is 0 Å². The Balaban J connectivity index is 1.88. The lowest BCUT2D eigenvalue weighted by molar-refractivity contribution is -0.137. The van der Waals surface area contributed by atoms with Crippen LogP contribution in [0.2, 0.25) is 0 Å². The molecule has 7 heteroatoms. The van der Waals surface area contributed by atoms with E-state index in [4.69, 9.17) is 4.42 Å². The molecule has 25 heavy (non-hydrogen) atoms. The fourth-order valence-corrected chi connectivity index (χ4v) is 3.11. The Hall–Kier alpha value is -2.67. The summed E-state index contributed by atoms with van der Waals surface area (Å²) >= 11 is 0. The van der Waals surface area contributed by atoms with Gasteiger partial charge in [-0.2, -0.15) is 0 Å². The molecule has 2 aromatic rings. The third kappa shape index (κ3) is 3.71. The van der Waals surface area contributed by atoms with Crippen molar-refractivity contribution in [1.29, 1.82) is 0 Å². The summed E-state index contributed by atoms with van der Waals surface area (Å²) in [5.74, 6) is -0.152. The van der Waals surface area contributed by atoms with Gasteiger partial charge in [-0.15, -0.1) is 0 Å². The third-order valence-electron chi connectivity index (χ3n) is 4.37. The molecule has 0 spiro atoms. The normalized spacial score (nSPS) is 16.4. The van der Waals surface area contributed by atoms with Crippen molar-refractivity contribution in [2.45, 2.75) is 25.9 Å². The van der Waals surface area contributed by atoms with Gasteiger partial charge in [-0.25, -0.2) is 0 Å². The number of carbonyl (C=O) groups is 2. The van der Waals surface area contributed by atoms with E-state index in [1.807, 2.05) is 6.07 Å². The molecule has 0 radical (unpaired) electrons. The van der Waals surface area contributed by atoms with Crippen LogP contribution in [0.5, 0.6) is 0 Å². The van der Waals surface area contributed by atoms with Crippen molar-refractivity contribution in [3.63, 3.8) is 0 Å². The molecule has 0 aromatic carbocycles. The van der Waals surface area contributed by atoms with Crippen molar-refractivity contribution >= 4 is 11.8 Å². The molecule has 2 amide bonds. The number of aromatic nitrogens is 1. The van der Waals surface area contributed by atoms with Gasteiger partial charge in [0.1, 0.15) is 5.76 Å². The average Bonchev–Trinajstić information content (AvgIpc) is 3.13. The molecule has 3 heterocycles. The summed E-state index contributed by atoms with van der Waals surface area (Å²) in [5.41, 5.74) is 1.58. The molecular formula is C18H21N3O4. The largest absolute Gasteiger partial charge is 0.467 e. The summed E-state index contributed by atoms with van der Waals surface area (Å²) in [4.78, 5) is 32.6. The Bertz CT molecular complexity index is 745. The predicted molar refractivity (Wildman–Crippen MR) is 89.3 cm³/mol. The van der Waals surface area contributed by atoms with Gasteiger partial charge in [-0.3, -0.25) is 14.6 Å². The van der Waals surface area contributed by atoms with Crippen LogP contribution in [0.15, 0.2) is 41.1 Å². The van der Waals surface area contributed by atoms with E-state index < -0.39 is 5.92 Å². The number of carbonyl (C=O) groups excluding carboxylic acids is 2. The maximum absolute atomic E-state index is 13.1. The van der Waals surface area contributed by atoms with Crippen LogP contribution in [-0.2, 0) is 22.7 Å². The first-order valence-electron chi connectivity index (χ1n) is 8.21. The molecule has 1 aliphatic heterocycles. The van der Waals surface area contributed by atoms with Crippen LogP contribution in [0, 0.1) is 0 Å². The number of amides is 2. The van der Waals surface area contributed by atoms with Gasteiger partial charge >= 0.3 is 0 Å². The van der Waals surface area contributed by atoms with Crippen LogP contribution in [0.3, 0.4) is 0 Å². The number of aliphatic hydroxyl groups is 1. The molecule has 132 valence electrons. The van der Waals surface area contributed by atoms with E-state index in [1.165, 1.54) is 6.92 Å². The fourth-order valence-electron chi connectivity index (χ4n) is 3.11. The van der Waals surface area contributed by atoms with Crippen LogP contribution in [-0.4, -0.2) is 51.4 Å². The molecule has 0 saturated carbocycles. The second-order valence-electron chi connectivity index (χ2n) is 6.06. The lowest BCUT2D eigenvalue weighted by atomic mass is 9.93. The van der Waals surface area contributed by atoms with Gasteiger partial charge in [0.15, 0.2) is 0 Å². The summed E-state index contributed by atoms with van der Waals surface area (Å²) in [6, 6.07) is 7.23. The van der Waals surface area contributed by atoms with Gasteiger partial charge in [0.25, 0.3) is 0 Å². The van der Waals surface area contributed by atoms with Gasteiger partial charge in [0, 0.05) is 32.8 Å². The van der Waals surface area contributed by atoms with Gasteiger partial charge in [-0.05, 0) is 23.8 Å². The number of hydrogen-bond donors (Lipinski definition) is 1. The second kappa shape index (κ2) is 7.48. The zero-order chi connectivity index (χ0) is 17.8. The highest BCUT2D eigenvalue weighted by atomic mass is 16.3. The van der Waals surface area contributed by atoms with E-state index in [-0.39, 0.29) is 38.1 Å². The van der Waals surface area contributed by atoms with Crippen molar-refractivity contribution in [3.8, 4) is 0 Å². The second-order valence-corrected chi connectivity index (χ2v) is 6.06. The first-order valence-corrected chi connectivity index (χ1v) is 8.21. The van der Waals surface area contributed by atoms with Crippen molar-refractivity contribution in [2.75, 3.05) is 19.7 Å². The minimum atomic E-state index is -0.546. The Labute approximate surface area is 145 Å². The topological polar surface area (TPSA) is 86.9 Å². The molecule has 7 nitrogen and oxygen atoms in total. The van der Waals surface area contributed by atoms with E-state index in [9.17, 15) is 14.7 Å². The van der Waals surface area contributed by atoms with E-state index in [0.717, 1.165) is 5.56 Å². The Morgan fingerprint density at radius 3 is 2.92 bits per heavy atom. The number of nitrogens with zero attached hydrogens (tertiary/aromatic N) is 3. The molecular weight excluding hydrogens is 322 g/mol. The van der Waals surface area contributed by atoms with Crippen molar-refractivity contribution in [2.24, 2.45) is 0 Å². The highest BCUT2D eigenvalue weighted by molar-refractivity contribution is 5.85. The summed E-state index contributed by atoms with van der Waals surface area (Å²) < 4.78 is 5.32. The lowest BCUT2D eigenvalue weighted by Crippen LogP contribution is -2.45. The van der Waals surface area contributed by atoms with Crippen molar-refractivity contribution in [3.05, 3.63) is 53.7 Å². The summed E-state index contributed by atoms with van der Waals surface area (Å²) in [5, 5.41) is 9.34. The van der Waals surface area contributed by atoms with Gasteiger partial charge in [0.05, 0.1) is 31.0 Å². The molecule has 0 saturated heterocycles. The number of aliphatic hydroxyl groups excluding tert-OH is 1. The number of rotatable bonds is 5. The maximum Gasteiger partial charge on any atom is 0.234 e. The number of furan rings is 1. The number of pyridine rings is 1. The quantitative estimate of drug-likeness (QED) is 0.880. The monoisotopic (exact) mass is 343 g/mol. The molecule has 1 N–H and O–H groups in total. The van der Waals surface area contributed by atoms with E-state index in [0.29, 0.717) is 18.0 Å². The molecule has 2 aromatic heterocycles. The summed E-state index contributed by atoms with van der Waals surface area (Å²) in [6.45, 7) is 2.56. The highest BCUT2D eigenvalue weighted by Crippen LogP contribution is 2.28. The van der Waals surface area contributed by atoms with E-state index >= 15 is 0 Å². The van der Waals surface area contributed by atoms with E-state index in [2.05, 4.69) is 4.98 Å². The molecule has 1 unspecified atom stereocenters. The smallest absolute Gasteiger partial charge is 0.234 e. The van der Waals surface area contributed by atoms with Crippen molar-refractivity contribution < 1.29 is 19.1 Å². The first-order chi connectivity index (χ1) is 12.1. The summed E-state index contributed by atoms with van der Waals surface area (Å²) in [7, 11) is 0. The zero-order valence-electron chi connectivity index (χ0n) is 14.1. The zero-order valence-corrected chi connectivity index (χ0v) is 14.1. The van der Waals surface area contributed by atoms with E-state index in [1.54, 1.807) is 40.5 Å². The number of hydrogen-bond acceptors (Lipinski definition) is 5. The molecule has 0 bridgehead atoms. The first kappa shape index (κ1) is 17.2. The minimum Gasteiger partial charge on any atom is -0.467 e. The van der Waals surface area contributed by atoms with Gasteiger partial charge in [0.2, 0.25) is 11.8 Å². The number of fused-ring (bicyclic) bond motifs is 1. The third-order valence-corrected chi connectivity index (χ3v) is 4.37. The lowest BCUT2D eigenvalue weighted by Gasteiger charge is -2.35. The standard InChI is InChI=1S/C18H21N3O4/c1-13(23)21-10-14-4-2-6-19-17(14)16(12-21)18(24)20(7-8-22)11-15-5-3-9-25-15/h2-6,9,16,22H,7-8,10-12H2,1H3. The molecule has 1 atom stereocenters. The van der Waals surface area contributed by atoms with Gasteiger partial charge in [-0.1, -0.05) is 6.07 Å². The Morgan fingerprint density at radius 1 is 1.40 bits per heavy atom. The Morgan fingerprint density at radius 2 is 2.24 bits per heavy atom. The van der Waals surface area contributed by atoms with Gasteiger partial charge < -0.3 is 19.3 Å². The molecule has 1 aliphatic rings. The molecule has 0 aliphatic carbocycles. The SMILES string of the molecule is CC(=O)N1Cc2cccnc2C(C(=O)N(CCO)Cc2ccco2)C1. The summed E-state index contributed by atoms with van der Waals surface area (Å²) in [6.07, 6.45) is 3.21. The van der Waals surface area contributed by atoms with Crippen LogP contribution in [0.4, 0.5) is 0 Å². The minimum absolute atomic E-state index is 0.0768.